The molecule has 0 aliphatic heterocycles. The molecule has 2 aromatic rings. The molecule has 0 bridgehead atoms. The second kappa shape index (κ2) is 4.83. The van der Waals surface area contributed by atoms with Crippen molar-refractivity contribution in [3.8, 4) is 22.6 Å². The number of carbonyl (C=O) groups is 1. The van der Waals surface area contributed by atoms with Crippen LogP contribution in [0.3, 0.4) is 0 Å². The Bertz CT molecular complexity index is 574. The first-order chi connectivity index (χ1) is 8.69. The Morgan fingerprint density at radius 1 is 1.17 bits per heavy atom. The van der Waals surface area contributed by atoms with E-state index >= 15 is 0 Å². The summed E-state index contributed by atoms with van der Waals surface area (Å²) in [6.07, 6.45) is 1.58. The number of para-hydroxylation sites is 1. The van der Waals surface area contributed by atoms with Gasteiger partial charge >= 0.3 is 5.97 Å². The van der Waals surface area contributed by atoms with E-state index < -0.39 is 5.97 Å². The van der Waals surface area contributed by atoms with E-state index in [1.165, 1.54) is 14.2 Å². The number of carboxylic acid groups (broad SMARTS) is 1. The quantitative estimate of drug-likeness (QED) is 0.870. The number of carboxylic acids is 1. The summed E-state index contributed by atoms with van der Waals surface area (Å²) in [5.41, 5.74) is 1.37. The molecule has 0 aliphatic carbocycles. The molecule has 1 aromatic heterocycles. The summed E-state index contributed by atoms with van der Waals surface area (Å²) in [7, 11) is 3.06. The number of nitrogens with one attached hydrogen (secondary N) is 1. The number of H-pyrrole nitrogens is 1. The first-order valence-electron chi connectivity index (χ1n) is 5.31. The molecule has 0 spiro atoms. The Balaban J connectivity index is 2.63. The van der Waals surface area contributed by atoms with Gasteiger partial charge in [0.1, 0.15) is 5.69 Å². The highest BCUT2D eigenvalue weighted by Crippen LogP contribution is 2.38. The third-order valence-corrected chi connectivity index (χ3v) is 2.65. The number of rotatable bonds is 4. The van der Waals surface area contributed by atoms with Crippen molar-refractivity contribution in [3.63, 3.8) is 0 Å². The molecule has 0 fully saturated rings. The molecule has 0 atom stereocenters. The van der Waals surface area contributed by atoms with Gasteiger partial charge in [-0.05, 0) is 12.1 Å². The van der Waals surface area contributed by atoms with E-state index in [1.54, 1.807) is 30.5 Å². The average Bonchev–Trinajstić information content (AvgIpc) is 2.86. The van der Waals surface area contributed by atoms with E-state index in [4.69, 9.17) is 14.6 Å². The van der Waals surface area contributed by atoms with Crippen LogP contribution >= 0.6 is 0 Å². The van der Waals surface area contributed by atoms with Gasteiger partial charge in [0.15, 0.2) is 11.5 Å². The minimum Gasteiger partial charge on any atom is -0.493 e. The standard InChI is InChI=1S/C13H13NO4/c1-17-10-5-3-4-9(12(10)18-2)8-6-7-14-11(8)13(15)16/h3-7,14H,1-2H3,(H,15,16). The van der Waals surface area contributed by atoms with Crippen molar-refractivity contribution in [3.05, 3.63) is 36.2 Å². The van der Waals surface area contributed by atoms with E-state index in [0.717, 1.165) is 0 Å². The first-order valence-corrected chi connectivity index (χ1v) is 5.31. The van der Waals surface area contributed by atoms with Crippen molar-refractivity contribution in [2.75, 3.05) is 14.2 Å². The Hall–Kier alpha value is -2.43. The van der Waals surface area contributed by atoms with Crippen LogP contribution in [0.15, 0.2) is 30.5 Å². The molecule has 2 rings (SSSR count). The Morgan fingerprint density at radius 2 is 1.94 bits per heavy atom. The van der Waals surface area contributed by atoms with Crippen LogP contribution in [0.2, 0.25) is 0 Å². The number of hydrogen-bond donors (Lipinski definition) is 2. The van der Waals surface area contributed by atoms with Gasteiger partial charge in [0.2, 0.25) is 0 Å². The van der Waals surface area contributed by atoms with Crippen LogP contribution in [0.5, 0.6) is 11.5 Å². The number of aromatic carboxylic acids is 1. The summed E-state index contributed by atoms with van der Waals surface area (Å²) in [6.45, 7) is 0. The van der Waals surface area contributed by atoms with E-state index in [1.807, 2.05) is 0 Å². The number of ether oxygens (including phenoxy) is 2. The van der Waals surface area contributed by atoms with Crippen LogP contribution in [-0.4, -0.2) is 30.3 Å². The summed E-state index contributed by atoms with van der Waals surface area (Å²) >= 11 is 0. The van der Waals surface area contributed by atoms with Crippen molar-refractivity contribution in [2.24, 2.45) is 0 Å². The van der Waals surface area contributed by atoms with Crippen LogP contribution in [0.25, 0.3) is 11.1 Å². The second-order valence-corrected chi connectivity index (χ2v) is 3.61. The normalized spacial score (nSPS) is 10.1. The van der Waals surface area contributed by atoms with Gasteiger partial charge in [0, 0.05) is 17.3 Å². The van der Waals surface area contributed by atoms with Crippen LogP contribution in [0, 0.1) is 0 Å². The van der Waals surface area contributed by atoms with Crippen molar-refractivity contribution < 1.29 is 19.4 Å². The summed E-state index contributed by atoms with van der Waals surface area (Å²) in [4.78, 5) is 13.8. The summed E-state index contributed by atoms with van der Waals surface area (Å²) in [5.74, 6) is 0.0644. The number of aromatic amines is 1. The number of benzene rings is 1. The third-order valence-electron chi connectivity index (χ3n) is 2.65. The second-order valence-electron chi connectivity index (χ2n) is 3.61. The van der Waals surface area contributed by atoms with Gasteiger partial charge in [-0.15, -0.1) is 0 Å². The number of aromatic nitrogens is 1. The minimum absolute atomic E-state index is 0.126. The van der Waals surface area contributed by atoms with E-state index in [2.05, 4.69) is 4.98 Å². The molecule has 1 heterocycles. The Labute approximate surface area is 104 Å². The monoisotopic (exact) mass is 247 g/mol. The predicted octanol–water partition coefficient (Wildman–Crippen LogP) is 2.40. The van der Waals surface area contributed by atoms with Crippen LogP contribution in [0.1, 0.15) is 10.5 Å². The zero-order chi connectivity index (χ0) is 13.1. The third kappa shape index (κ3) is 1.90. The van der Waals surface area contributed by atoms with Gasteiger partial charge in [0.25, 0.3) is 0 Å². The lowest BCUT2D eigenvalue weighted by Crippen LogP contribution is -2.00. The number of hydrogen-bond acceptors (Lipinski definition) is 3. The highest BCUT2D eigenvalue weighted by atomic mass is 16.5. The van der Waals surface area contributed by atoms with Crippen LogP contribution in [0.4, 0.5) is 0 Å². The van der Waals surface area contributed by atoms with Gasteiger partial charge in [-0.1, -0.05) is 12.1 Å². The zero-order valence-corrected chi connectivity index (χ0v) is 10.1. The largest absolute Gasteiger partial charge is 0.493 e. The van der Waals surface area contributed by atoms with Crippen molar-refractivity contribution in [2.45, 2.75) is 0 Å². The van der Waals surface area contributed by atoms with Crippen molar-refractivity contribution in [1.82, 2.24) is 4.98 Å². The fourth-order valence-corrected chi connectivity index (χ4v) is 1.87. The average molecular weight is 247 g/mol. The predicted molar refractivity (Wildman–Crippen MR) is 66.3 cm³/mol. The Kier molecular flexibility index (Phi) is 3.23. The Morgan fingerprint density at radius 3 is 2.56 bits per heavy atom. The van der Waals surface area contributed by atoms with E-state index in [0.29, 0.717) is 22.6 Å². The molecule has 0 unspecified atom stereocenters. The molecular formula is C13H13NO4. The van der Waals surface area contributed by atoms with E-state index in [9.17, 15) is 4.79 Å². The highest BCUT2D eigenvalue weighted by molar-refractivity contribution is 5.95. The lowest BCUT2D eigenvalue weighted by Gasteiger charge is -2.12. The molecular weight excluding hydrogens is 234 g/mol. The van der Waals surface area contributed by atoms with Gasteiger partial charge < -0.3 is 19.6 Å². The van der Waals surface area contributed by atoms with Gasteiger partial charge in [0.05, 0.1) is 14.2 Å². The fraction of sp³-hybridized carbons (Fsp3) is 0.154. The SMILES string of the molecule is COc1cccc(-c2cc[nH]c2C(=O)O)c1OC. The maximum Gasteiger partial charge on any atom is 0.352 e. The van der Waals surface area contributed by atoms with E-state index in [-0.39, 0.29) is 5.69 Å². The smallest absolute Gasteiger partial charge is 0.352 e. The molecule has 2 N–H and O–H groups in total. The topological polar surface area (TPSA) is 71.6 Å². The first kappa shape index (κ1) is 12.0. The fourth-order valence-electron chi connectivity index (χ4n) is 1.87. The minimum atomic E-state index is -1.01. The molecule has 0 saturated carbocycles. The molecule has 0 amide bonds. The van der Waals surface area contributed by atoms with Gasteiger partial charge in [-0.2, -0.15) is 0 Å². The van der Waals surface area contributed by atoms with Gasteiger partial charge in [-0.25, -0.2) is 4.79 Å². The zero-order valence-electron chi connectivity index (χ0n) is 10.1. The van der Waals surface area contributed by atoms with Gasteiger partial charge in [-0.3, -0.25) is 0 Å². The summed E-state index contributed by atoms with van der Waals surface area (Å²) in [5, 5.41) is 9.10. The molecule has 1 aromatic carbocycles. The lowest BCUT2D eigenvalue weighted by atomic mass is 10.0. The molecule has 5 heteroatoms. The molecule has 18 heavy (non-hydrogen) atoms. The molecule has 0 aliphatic rings. The van der Waals surface area contributed by atoms with Crippen molar-refractivity contribution in [1.29, 1.82) is 0 Å². The van der Waals surface area contributed by atoms with Crippen molar-refractivity contribution >= 4 is 5.97 Å². The molecule has 94 valence electrons. The van der Waals surface area contributed by atoms with Crippen LogP contribution < -0.4 is 9.47 Å². The number of methoxy groups -OCH3 is 2. The maximum absolute atomic E-state index is 11.1. The summed E-state index contributed by atoms with van der Waals surface area (Å²) in [6, 6.07) is 7.03. The van der Waals surface area contributed by atoms with Crippen LogP contribution in [-0.2, 0) is 0 Å². The molecule has 0 radical (unpaired) electrons. The molecule has 0 saturated heterocycles. The highest BCUT2D eigenvalue weighted by Gasteiger charge is 2.18. The molecule has 5 nitrogen and oxygen atoms in total. The summed E-state index contributed by atoms with van der Waals surface area (Å²) < 4.78 is 10.5. The lowest BCUT2D eigenvalue weighted by molar-refractivity contribution is 0.0692. The maximum atomic E-state index is 11.1.